The first-order valence-corrected chi connectivity index (χ1v) is 7.23. The van der Waals surface area contributed by atoms with E-state index in [0.29, 0.717) is 5.56 Å². The predicted octanol–water partition coefficient (Wildman–Crippen LogP) is 5.23. The lowest BCUT2D eigenvalue weighted by atomic mass is 10.2. The predicted molar refractivity (Wildman–Crippen MR) is 77.1 cm³/mol. The quantitative estimate of drug-likeness (QED) is 0.724. The molecule has 0 fully saturated rings. The van der Waals surface area contributed by atoms with Crippen LogP contribution in [0.2, 0.25) is 0 Å². The van der Waals surface area contributed by atoms with Gasteiger partial charge in [0.25, 0.3) is 0 Å². The Hall–Kier alpha value is -0.760. The zero-order chi connectivity index (χ0) is 12.3. The highest BCUT2D eigenvalue weighted by Gasteiger charge is 2.07. The van der Waals surface area contributed by atoms with Crippen molar-refractivity contribution >= 4 is 43.6 Å². The number of halogens is 2. The summed E-state index contributed by atoms with van der Waals surface area (Å²) < 4.78 is 1.87. The van der Waals surface area contributed by atoms with Crippen molar-refractivity contribution in [3.8, 4) is 6.07 Å². The Kier molecular flexibility index (Phi) is 4.27. The van der Waals surface area contributed by atoms with Gasteiger partial charge in [-0.15, -0.1) is 0 Å². The van der Waals surface area contributed by atoms with Crippen molar-refractivity contribution < 1.29 is 0 Å². The van der Waals surface area contributed by atoms with Crippen LogP contribution >= 0.6 is 43.6 Å². The highest BCUT2D eigenvalue weighted by molar-refractivity contribution is 9.10. The Morgan fingerprint density at radius 2 is 1.82 bits per heavy atom. The minimum absolute atomic E-state index is 0.678. The molecule has 2 aromatic rings. The van der Waals surface area contributed by atoms with Crippen LogP contribution in [0.4, 0.5) is 0 Å². The molecule has 1 nitrogen and oxygen atoms in total. The number of hydrogen-bond donors (Lipinski definition) is 0. The van der Waals surface area contributed by atoms with Crippen LogP contribution < -0.4 is 0 Å². The van der Waals surface area contributed by atoms with Gasteiger partial charge >= 0.3 is 0 Å². The fraction of sp³-hybridized carbons (Fsp3) is 0. The summed E-state index contributed by atoms with van der Waals surface area (Å²) in [7, 11) is 0. The van der Waals surface area contributed by atoms with Crippen LogP contribution in [0.5, 0.6) is 0 Å². The van der Waals surface area contributed by atoms with Gasteiger partial charge in [-0.3, -0.25) is 0 Å². The van der Waals surface area contributed by atoms with Crippen molar-refractivity contribution in [2.75, 3.05) is 0 Å². The number of hydrogen-bond acceptors (Lipinski definition) is 2. The van der Waals surface area contributed by atoms with Crippen molar-refractivity contribution in [1.82, 2.24) is 0 Å². The van der Waals surface area contributed by atoms with E-state index in [0.717, 1.165) is 18.7 Å². The van der Waals surface area contributed by atoms with Crippen molar-refractivity contribution in [3.05, 3.63) is 57.0 Å². The normalized spacial score (nSPS) is 9.94. The molecule has 2 rings (SSSR count). The molecule has 84 valence electrons. The van der Waals surface area contributed by atoms with E-state index in [2.05, 4.69) is 37.9 Å². The van der Waals surface area contributed by atoms with Crippen LogP contribution in [0, 0.1) is 11.3 Å². The van der Waals surface area contributed by atoms with E-state index < -0.39 is 0 Å². The molecule has 0 spiro atoms. The Morgan fingerprint density at radius 3 is 2.53 bits per heavy atom. The molecule has 0 saturated carbocycles. The van der Waals surface area contributed by atoms with Crippen LogP contribution in [0.1, 0.15) is 5.56 Å². The molecule has 0 aliphatic carbocycles. The largest absolute Gasteiger partial charge is 0.192 e. The summed E-state index contributed by atoms with van der Waals surface area (Å²) in [6, 6.07) is 16.0. The standard InChI is InChI=1S/C13H7Br2NS/c14-9-3-1-4-10(7-9)17-13-6-2-5-12(15)11(13)8-16/h1-7H. The Balaban J connectivity index is 2.37. The first-order valence-electron chi connectivity index (χ1n) is 4.83. The van der Waals surface area contributed by atoms with Gasteiger partial charge in [0.05, 0.1) is 5.56 Å². The number of nitrogens with zero attached hydrogens (tertiary/aromatic N) is 1. The molecule has 4 heteroatoms. The first kappa shape index (κ1) is 12.7. The molecule has 0 atom stereocenters. The van der Waals surface area contributed by atoms with E-state index in [-0.39, 0.29) is 0 Å². The first-order chi connectivity index (χ1) is 8.20. The molecule has 0 unspecified atom stereocenters. The van der Waals surface area contributed by atoms with Gasteiger partial charge in [-0.1, -0.05) is 39.8 Å². The summed E-state index contributed by atoms with van der Waals surface area (Å²) >= 11 is 8.41. The fourth-order valence-electron chi connectivity index (χ4n) is 1.36. The summed E-state index contributed by atoms with van der Waals surface area (Å²) in [6.45, 7) is 0. The molecule has 0 heterocycles. The molecular formula is C13H7Br2NS. The second-order valence-corrected chi connectivity index (χ2v) is 6.17. The van der Waals surface area contributed by atoms with E-state index in [1.807, 2.05) is 42.5 Å². The second kappa shape index (κ2) is 5.72. The third kappa shape index (κ3) is 3.12. The van der Waals surface area contributed by atoms with Gasteiger partial charge in [0.1, 0.15) is 6.07 Å². The Labute approximate surface area is 121 Å². The van der Waals surface area contributed by atoms with E-state index >= 15 is 0 Å². The van der Waals surface area contributed by atoms with Gasteiger partial charge in [-0.05, 0) is 46.3 Å². The number of rotatable bonds is 2. The van der Waals surface area contributed by atoms with E-state index in [4.69, 9.17) is 5.26 Å². The molecule has 0 aliphatic heterocycles. The molecule has 0 aromatic heterocycles. The van der Waals surface area contributed by atoms with Crippen LogP contribution in [-0.2, 0) is 0 Å². The SMILES string of the molecule is N#Cc1c(Br)cccc1Sc1cccc(Br)c1. The van der Waals surface area contributed by atoms with Gasteiger partial charge in [0.15, 0.2) is 0 Å². The lowest BCUT2D eigenvalue weighted by molar-refractivity contribution is 1.33. The highest BCUT2D eigenvalue weighted by Crippen LogP contribution is 2.34. The molecule has 0 radical (unpaired) electrons. The maximum Gasteiger partial charge on any atom is 0.102 e. The summed E-state index contributed by atoms with van der Waals surface area (Å²) in [5, 5.41) is 9.13. The average Bonchev–Trinajstić information content (AvgIpc) is 2.29. The summed E-state index contributed by atoms with van der Waals surface area (Å²) in [6.07, 6.45) is 0. The van der Waals surface area contributed by atoms with E-state index in [1.165, 1.54) is 0 Å². The van der Waals surface area contributed by atoms with Gasteiger partial charge in [-0.25, -0.2) is 0 Å². The van der Waals surface area contributed by atoms with Crippen molar-refractivity contribution in [2.24, 2.45) is 0 Å². The van der Waals surface area contributed by atoms with Gasteiger partial charge in [-0.2, -0.15) is 5.26 Å². The summed E-state index contributed by atoms with van der Waals surface area (Å²) in [4.78, 5) is 2.06. The number of benzene rings is 2. The molecule has 0 amide bonds. The van der Waals surface area contributed by atoms with Crippen LogP contribution in [0.3, 0.4) is 0 Å². The molecular weight excluding hydrogens is 362 g/mol. The lowest BCUT2D eigenvalue weighted by Crippen LogP contribution is -1.83. The molecule has 0 N–H and O–H groups in total. The minimum Gasteiger partial charge on any atom is -0.192 e. The maximum atomic E-state index is 9.13. The third-order valence-electron chi connectivity index (χ3n) is 2.11. The Bertz CT molecular complexity index is 590. The van der Waals surface area contributed by atoms with Crippen molar-refractivity contribution in [3.63, 3.8) is 0 Å². The van der Waals surface area contributed by atoms with Gasteiger partial charge in [0.2, 0.25) is 0 Å². The average molecular weight is 369 g/mol. The lowest BCUT2D eigenvalue weighted by Gasteiger charge is -2.05. The van der Waals surface area contributed by atoms with Crippen LogP contribution in [-0.4, -0.2) is 0 Å². The van der Waals surface area contributed by atoms with Crippen molar-refractivity contribution in [1.29, 1.82) is 5.26 Å². The zero-order valence-corrected chi connectivity index (χ0v) is 12.6. The molecule has 0 saturated heterocycles. The zero-order valence-electron chi connectivity index (χ0n) is 8.65. The Morgan fingerprint density at radius 1 is 1.06 bits per heavy atom. The molecule has 2 aromatic carbocycles. The highest BCUT2D eigenvalue weighted by atomic mass is 79.9. The molecule has 17 heavy (non-hydrogen) atoms. The van der Waals surface area contributed by atoms with Gasteiger partial charge in [0, 0.05) is 18.7 Å². The number of nitriles is 1. The topological polar surface area (TPSA) is 23.8 Å². The minimum atomic E-state index is 0.678. The summed E-state index contributed by atoms with van der Waals surface area (Å²) in [5.41, 5.74) is 0.678. The van der Waals surface area contributed by atoms with E-state index in [1.54, 1.807) is 11.8 Å². The smallest absolute Gasteiger partial charge is 0.102 e. The summed E-state index contributed by atoms with van der Waals surface area (Å²) in [5.74, 6) is 0. The maximum absolute atomic E-state index is 9.13. The second-order valence-electron chi connectivity index (χ2n) is 3.28. The van der Waals surface area contributed by atoms with Crippen LogP contribution in [0.15, 0.2) is 61.2 Å². The molecule has 0 aliphatic rings. The van der Waals surface area contributed by atoms with Crippen LogP contribution in [0.25, 0.3) is 0 Å². The molecule has 0 bridgehead atoms. The van der Waals surface area contributed by atoms with E-state index in [9.17, 15) is 0 Å². The van der Waals surface area contributed by atoms with Crippen molar-refractivity contribution in [2.45, 2.75) is 9.79 Å². The third-order valence-corrected chi connectivity index (χ3v) is 4.31. The monoisotopic (exact) mass is 367 g/mol. The fourth-order valence-corrected chi connectivity index (χ4v) is 3.48. The van der Waals surface area contributed by atoms with Gasteiger partial charge < -0.3 is 0 Å².